The SMILES string of the molecule is COc1cc(F)ccc1NC(=O)CCCNC(=O)c1ccsc1. The largest absolute Gasteiger partial charge is 0.494 e. The number of halogens is 1. The van der Waals surface area contributed by atoms with Gasteiger partial charge >= 0.3 is 0 Å². The molecular formula is C16H17FN2O3S. The first-order valence-corrected chi connectivity index (χ1v) is 7.98. The lowest BCUT2D eigenvalue weighted by molar-refractivity contribution is -0.116. The van der Waals surface area contributed by atoms with E-state index in [0.29, 0.717) is 24.2 Å². The molecule has 7 heteroatoms. The van der Waals surface area contributed by atoms with Crippen molar-refractivity contribution in [2.24, 2.45) is 0 Å². The van der Waals surface area contributed by atoms with Crippen molar-refractivity contribution in [3.05, 3.63) is 46.4 Å². The zero-order chi connectivity index (χ0) is 16.7. The highest BCUT2D eigenvalue weighted by Crippen LogP contribution is 2.25. The predicted octanol–water partition coefficient (Wildman–Crippen LogP) is 3.04. The van der Waals surface area contributed by atoms with Crippen LogP contribution in [0.1, 0.15) is 23.2 Å². The van der Waals surface area contributed by atoms with Crippen molar-refractivity contribution in [1.29, 1.82) is 0 Å². The van der Waals surface area contributed by atoms with Crippen LogP contribution in [-0.2, 0) is 4.79 Å². The fraction of sp³-hybridized carbons (Fsp3) is 0.250. The summed E-state index contributed by atoms with van der Waals surface area (Å²) in [5.41, 5.74) is 1.04. The molecule has 23 heavy (non-hydrogen) atoms. The van der Waals surface area contributed by atoms with E-state index in [9.17, 15) is 14.0 Å². The Morgan fingerprint density at radius 3 is 2.83 bits per heavy atom. The maximum absolute atomic E-state index is 13.1. The molecule has 1 aromatic carbocycles. The Balaban J connectivity index is 1.74. The summed E-state index contributed by atoms with van der Waals surface area (Å²) in [7, 11) is 1.41. The second-order valence-corrected chi connectivity index (χ2v) is 5.54. The molecule has 122 valence electrons. The first-order valence-electron chi connectivity index (χ1n) is 7.04. The van der Waals surface area contributed by atoms with Crippen LogP contribution < -0.4 is 15.4 Å². The van der Waals surface area contributed by atoms with E-state index in [4.69, 9.17) is 4.74 Å². The summed E-state index contributed by atoms with van der Waals surface area (Å²) < 4.78 is 18.1. The Hall–Kier alpha value is -2.41. The van der Waals surface area contributed by atoms with E-state index in [2.05, 4.69) is 10.6 Å². The van der Waals surface area contributed by atoms with Gasteiger partial charge in [-0.3, -0.25) is 9.59 Å². The summed E-state index contributed by atoms with van der Waals surface area (Å²) in [5.74, 6) is -0.536. The number of benzene rings is 1. The first kappa shape index (κ1) is 17.0. The number of methoxy groups -OCH3 is 1. The van der Waals surface area contributed by atoms with E-state index in [1.807, 2.05) is 5.38 Å². The van der Waals surface area contributed by atoms with Crippen LogP contribution in [0.2, 0.25) is 0 Å². The Morgan fingerprint density at radius 1 is 1.30 bits per heavy atom. The third-order valence-electron chi connectivity index (χ3n) is 3.09. The summed E-state index contributed by atoms with van der Waals surface area (Å²) in [4.78, 5) is 23.6. The van der Waals surface area contributed by atoms with Crippen molar-refractivity contribution in [2.45, 2.75) is 12.8 Å². The third-order valence-corrected chi connectivity index (χ3v) is 3.77. The lowest BCUT2D eigenvalue weighted by Crippen LogP contribution is -2.25. The minimum atomic E-state index is -0.434. The Bertz CT molecular complexity index is 674. The predicted molar refractivity (Wildman–Crippen MR) is 87.5 cm³/mol. The monoisotopic (exact) mass is 336 g/mol. The van der Waals surface area contributed by atoms with E-state index in [1.165, 1.54) is 36.6 Å². The zero-order valence-corrected chi connectivity index (χ0v) is 13.4. The second-order valence-electron chi connectivity index (χ2n) is 4.76. The van der Waals surface area contributed by atoms with Gasteiger partial charge in [0.15, 0.2) is 0 Å². The minimum Gasteiger partial charge on any atom is -0.494 e. The van der Waals surface area contributed by atoms with Crippen molar-refractivity contribution < 1.29 is 18.7 Å². The average molecular weight is 336 g/mol. The van der Waals surface area contributed by atoms with Gasteiger partial charge in [0.25, 0.3) is 5.91 Å². The topological polar surface area (TPSA) is 67.4 Å². The molecule has 2 amide bonds. The molecule has 0 aliphatic heterocycles. The summed E-state index contributed by atoms with van der Waals surface area (Å²) in [6, 6.07) is 5.65. The highest BCUT2D eigenvalue weighted by atomic mass is 32.1. The second kappa shape index (κ2) is 8.28. The van der Waals surface area contributed by atoms with Crippen molar-refractivity contribution >= 4 is 28.8 Å². The van der Waals surface area contributed by atoms with Gasteiger partial charge in [-0.25, -0.2) is 4.39 Å². The molecule has 0 atom stereocenters. The fourth-order valence-corrected chi connectivity index (χ4v) is 2.56. The lowest BCUT2D eigenvalue weighted by Gasteiger charge is -2.10. The van der Waals surface area contributed by atoms with Gasteiger partial charge in [-0.2, -0.15) is 11.3 Å². The third kappa shape index (κ3) is 5.07. The van der Waals surface area contributed by atoms with Crippen LogP contribution in [0.15, 0.2) is 35.0 Å². The molecule has 1 aromatic heterocycles. The van der Waals surface area contributed by atoms with E-state index in [-0.39, 0.29) is 24.0 Å². The van der Waals surface area contributed by atoms with Gasteiger partial charge in [0.05, 0.1) is 12.8 Å². The van der Waals surface area contributed by atoms with Crippen LogP contribution in [0.3, 0.4) is 0 Å². The normalized spacial score (nSPS) is 10.2. The van der Waals surface area contributed by atoms with Crippen molar-refractivity contribution in [1.82, 2.24) is 5.32 Å². The number of thiophene rings is 1. The van der Waals surface area contributed by atoms with Crippen molar-refractivity contribution in [3.63, 3.8) is 0 Å². The Labute approximate surface area is 137 Å². The number of hydrogen-bond acceptors (Lipinski definition) is 4. The quantitative estimate of drug-likeness (QED) is 0.764. The first-order chi connectivity index (χ1) is 11.1. The fourth-order valence-electron chi connectivity index (χ4n) is 1.93. The van der Waals surface area contributed by atoms with Gasteiger partial charge in [-0.15, -0.1) is 0 Å². The van der Waals surface area contributed by atoms with Crippen LogP contribution in [0.4, 0.5) is 10.1 Å². The van der Waals surface area contributed by atoms with Gasteiger partial charge in [-0.05, 0) is 30.0 Å². The summed E-state index contributed by atoms with van der Waals surface area (Å²) in [6.45, 7) is 0.405. The van der Waals surface area contributed by atoms with Crippen LogP contribution in [0.5, 0.6) is 5.75 Å². The molecule has 0 saturated carbocycles. The van der Waals surface area contributed by atoms with Gasteiger partial charge < -0.3 is 15.4 Å². The van der Waals surface area contributed by atoms with Gasteiger partial charge in [0.2, 0.25) is 5.91 Å². The van der Waals surface area contributed by atoms with Crippen LogP contribution in [0.25, 0.3) is 0 Å². The number of nitrogens with one attached hydrogen (secondary N) is 2. The molecule has 0 fully saturated rings. The van der Waals surface area contributed by atoms with E-state index in [1.54, 1.807) is 11.4 Å². The molecule has 0 unspecified atom stereocenters. The van der Waals surface area contributed by atoms with Gasteiger partial charge in [0.1, 0.15) is 11.6 Å². The Morgan fingerprint density at radius 2 is 2.13 bits per heavy atom. The molecule has 0 spiro atoms. The van der Waals surface area contributed by atoms with E-state index >= 15 is 0 Å². The molecule has 2 aromatic rings. The molecular weight excluding hydrogens is 319 g/mol. The number of anilines is 1. The molecule has 0 aliphatic carbocycles. The highest BCUT2D eigenvalue weighted by molar-refractivity contribution is 7.08. The van der Waals surface area contributed by atoms with Crippen LogP contribution in [-0.4, -0.2) is 25.5 Å². The van der Waals surface area contributed by atoms with Crippen molar-refractivity contribution in [2.75, 3.05) is 19.0 Å². The summed E-state index contributed by atoms with van der Waals surface area (Å²) in [6.07, 6.45) is 0.746. The number of rotatable bonds is 7. The van der Waals surface area contributed by atoms with Crippen LogP contribution >= 0.6 is 11.3 Å². The zero-order valence-electron chi connectivity index (χ0n) is 12.6. The molecule has 1 heterocycles. The van der Waals surface area contributed by atoms with E-state index < -0.39 is 5.82 Å². The van der Waals surface area contributed by atoms with E-state index in [0.717, 1.165) is 0 Å². The average Bonchev–Trinajstić information content (AvgIpc) is 3.07. The molecule has 0 bridgehead atoms. The molecule has 0 saturated heterocycles. The highest BCUT2D eigenvalue weighted by Gasteiger charge is 2.09. The Kier molecular flexibility index (Phi) is 6.10. The number of carbonyl (C=O) groups is 2. The lowest BCUT2D eigenvalue weighted by atomic mass is 10.2. The number of ether oxygens (including phenoxy) is 1. The molecule has 0 radical (unpaired) electrons. The summed E-state index contributed by atoms with van der Waals surface area (Å²) >= 11 is 1.45. The van der Waals surface area contributed by atoms with Gasteiger partial charge in [0, 0.05) is 30.0 Å². The standard InChI is InChI=1S/C16H17FN2O3S/c1-22-14-9-12(17)4-5-13(14)19-15(20)3-2-7-18-16(21)11-6-8-23-10-11/h4-6,8-10H,2-3,7H2,1H3,(H,18,21)(H,19,20). The maximum atomic E-state index is 13.1. The summed E-state index contributed by atoms with van der Waals surface area (Å²) in [5, 5.41) is 9.01. The minimum absolute atomic E-state index is 0.146. The van der Waals surface area contributed by atoms with Crippen LogP contribution in [0, 0.1) is 5.82 Å². The molecule has 2 rings (SSSR count). The number of hydrogen-bond donors (Lipinski definition) is 2. The number of amides is 2. The maximum Gasteiger partial charge on any atom is 0.252 e. The van der Waals surface area contributed by atoms with Gasteiger partial charge in [-0.1, -0.05) is 0 Å². The molecule has 5 nitrogen and oxygen atoms in total. The number of carbonyl (C=O) groups excluding carboxylic acids is 2. The molecule has 2 N–H and O–H groups in total. The van der Waals surface area contributed by atoms with Crippen molar-refractivity contribution in [3.8, 4) is 5.75 Å². The smallest absolute Gasteiger partial charge is 0.252 e. The molecule has 0 aliphatic rings.